The van der Waals surface area contributed by atoms with Crippen LogP contribution in [-0.2, 0) is 11.2 Å². The van der Waals surface area contributed by atoms with Crippen LogP contribution < -0.4 is 14.9 Å². The highest BCUT2D eigenvalue weighted by molar-refractivity contribution is 6.51. The van der Waals surface area contributed by atoms with Gasteiger partial charge in [0.05, 0.1) is 43.4 Å². The molecule has 0 spiro atoms. The number of aliphatic carboxylic acids is 1. The average Bonchev–Trinajstić information content (AvgIpc) is 3.43. The van der Waals surface area contributed by atoms with Gasteiger partial charge in [0.2, 0.25) is 0 Å². The summed E-state index contributed by atoms with van der Waals surface area (Å²) in [6, 6.07) is 12.6. The van der Waals surface area contributed by atoms with E-state index in [1.54, 1.807) is 43.7 Å². The molecular weight excluding hydrogens is 460 g/mol. The van der Waals surface area contributed by atoms with Crippen molar-refractivity contribution in [3.63, 3.8) is 0 Å². The number of ether oxygens (including phenoxy) is 2. The van der Waals surface area contributed by atoms with E-state index in [4.69, 9.17) is 14.6 Å². The highest BCUT2D eigenvalue weighted by Gasteiger charge is 2.10. The van der Waals surface area contributed by atoms with Gasteiger partial charge in [0.15, 0.2) is 0 Å². The second-order valence-corrected chi connectivity index (χ2v) is 7.70. The zero-order valence-electron chi connectivity index (χ0n) is 19.7. The molecule has 184 valence electrons. The van der Waals surface area contributed by atoms with Gasteiger partial charge in [0.25, 0.3) is 0 Å². The summed E-state index contributed by atoms with van der Waals surface area (Å²) in [7, 11) is 1.72. The first-order valence-corrected chi connectivity index (χ1v) is 11.3. The second kappa shape index (κ2) is 12.1. The molecule has 0 atom stereocenters. The number of rotatable bonds is 11. The van der Waals surface area contributed by atoms with E-state index in [2.05, 4.69) is 25.7 Å². The van der Waals surface area contributed by atoms with Crippen LogP contribution >= 0.6 is 0 Å². The minimum Gasteiger partial charge on any atom is -0.493 e. The first-order chi connectivity index (χ1) is 17.6. The standard InChI is InChI=1S/C26H26N6O4/c1-27-22-5-2-3-6-23(22)30-31-24-18-20(32-28-13-14-29-32)9-12-25(24)36-16-4-15-35-21-10-7-19(8-11-21)17-26(33)34/h2-3,5-14,18,31H,4,15-17H2,1H3,(H,33,34)/b27-22-,30-23-. The molecule has 2 N–H and O–H groups in total. The molecule has 2 aromatic carbocycles. The van der Waals surface area contributed by atoms with E-state index in [1.165, 1.54) is 4.80 Å². The number of anilines is 1. The summed E-state index contributed by atoms with van der Waals surface area (Å²) < 4.78 is 11.8. The van der Waals surface area contributed by atoms with E-state index in [0.29, 0.717) is 42.5 Å². The predicted molar refractivity (Wildman–Crippen MR) is 137 cm³/mol. The summed E-state index contributed by atoms with van der Waals surface area (Å²) in [5.74, 6) is 0.445. The van der Waals surface area contributed by atoms with Gasteiger partial charge in [0, 0.05) is 13.5 Å². The fourth-order valence-electron chi connectivity index (χ4n) is 3.38. The van der Waals surface area contributed by atoms with Crippen molar-refractivity contribution in [3.05, 3.63) is 84.7 Å². The maximum Gasteiger partial charge on any atom is 0.307 e. The van der Waals surface area contributed by atoms with E-state index in [9.17, 15) is 4.79 Å². The number of hydrogen-bond acceptors (Lipinski definition) is 8. The third-order valence-electron chi connectivity index (χ3n) is 5.13. The first-order valence-electron chi connectivity index (χ1n) is 11.3. The summed E-state index contributed by atoms with van der Waals surface area (Å²) in [6.07, 6.45) is 11.4. The summed E-state index contributed by atoms with van der Waals surface area (Å²) >= 11 is 0. The lowest BCUT2D eigenvalue weighted by Gasteiger charge is -2.14. The lowest BCUT2D eigenvalue weighted by Crippen LogP contribution is -2.13. The van der Waals surface area contributed by atoms with Crippen LogP contribution in [0.3, 0.4) is 0 Å². The summed E-state index contributed by atoms with van der Waals surface area (Å²) in [5, 5.41) is 21.7. The van der Waals surface area contributed by atoms with Crippen LogP contribution in [0.2, 0.25) is 0 Å². The number of nitrogens with zero attached hydrogens (tertiary/aromatic N) is 5. The van der Waals surface area contributed by atoms with E-state index < -0.39 is 5.97 Å². The molecule has 0 saturated carbocycles. The third-order valence-corrected chi connectivity index (χ3v) is 5.13. The van der Waals surface area contributed by atoms with Crippen LogP contribution in [0.25, 0.3) is 5.69 Å². The van der Waals surface area contributed by atoms with Crippen molar-refractivity contribution in [1.82, 2.24) is 15.0 Å². The number of carboxylic acids is 1. The van der Waals surface area contributed by atoms with Crippen molar-refractivity contribution in [3.8, 4) is 17.2 Å². The van der Waals surface area contributed by atoms with Crippen molar-refractivity contribution in [1.29, 1.82) is 0 Å². The molecule has 0 radical (unpaired) electrons. The number of nitrogens with one attached hydrogen (secondary N) is 1. The van der Waals surface area contributed by atoms with Crippen molar-refractivity contribution in [2.24, 2.45) is 10.1 Å². The zero-order chi connectivity index (χ0) is 25.2. The molecule has 10 heteroatoms. The molecule has 10 nitrogen and oxygen atoms in total. The quantitative estimate of drug-likeness (QED) is 0.241. The van der Waals surface area contributed by atoms with Gasteiger partial charge in [-0.15, -0.1) is 0 Å². The molecule has 1 aromatic heterocycles. The molecule has 3 aromatic rings. The lowest BCUT2D eigenvalue weighted by atomic mass is 10.1. The lowest BCUT2D eigenvalue weighted by molar-refractivity contribution is -0.136. The fourth-order valence-corrected chi connectivity index (χ4v) is 3.38. The minimum atomic E-state index is -0.860. The molecule has 1 aliphatic carbocycles. The van der Waals surface area contributed by atoms with Crippen molar-refractivity contribution in [2.45, 2.75) is 12.8 Å². The Hall–Kier alpha value is -4.73. The Balaban J connectivity index is 1.37. The van der Waals surface area contributed by atoms with E-state index >= 15 is 0 Å². The molecular formula is C26H26N6O4. The SMILES string of the molecule is C/N=C1/C=CC=C/C1=N/Nc1cc(-n2nccn2)ccc1OCCCOc1ccc(CC(=O)O)cc1. The molecule has 1 heterocycles. The van der Waals surface area contributed by atoms with Crippen LogP contribution in [0, 0.1) is 0 Å². The highest BCUT2D eigenvalue weighted by atomic mass is 16.5. The summed E-state index contributed by atoms with van der Waals surface area (Å²) in [5.41, 5.74) is 6.71. The Kier molecular flexibility index (Phi) is 8.21. The average molecular weight is 487 g/mol. The van der Waals surface area contributed by atoms with Gasteiger partial charge in [-0.3, -0.25) is 15.2 Å². The smallest absolute Gasteiger partial charge is 0.307 e. The topological polar surface area (TPSA) is 123 Å². The molecule has 0 saturated heterocycles. The monoisotopic (exact) mass is 486 g/mol. The Bertz CT molecular complexity index is 1290. The number of aliphatic imine (C=N–C) groups is 1. The van der Waals surface area contributed by atoms with Crippen molar-refractivity contribution >= 4 is 23.1 Å². The van der Waals surface area contributed by atoms with Gasteiger partial charge in [-0.2, -0.15) is 20.1 Å². The van der Waals surface area contributed by atoms with Crippen LogP contribution in [0.15, 0.2) is 89.3 Å². The van der Waals surface area contributed by atoms with Crippen LogP contribution in [-0.4, -0.2) is 57.8 Å². The van der Waals surface area contributed by atoms with Gasteiger partial charge in [-0.05, 0) is 48.0 Å². The minimum absolute atomic E-state index is 0.00911. The second-order valence-electron chi connectivity index (χ2n) is 7.70. The van der Waals surface area contributed by atoms with E-state index in [-0.39, 0.29) is 6.42 Å². The largest absolute Gasteiger partial charge is 0.493 e. The fraction of sp³-hybridized carbons (Fsp3) is 0.192. The number of hydrogen-bond donors (Lipinski definition) is 2. The Morgan fingerprint density at radius 1 is 1.00 bits per heavy atom. The Morgan fingerprint density at radius 3 is 2.44 bits per heavy atom. The number of aromatic nitrogens is 3. The number of carboxylic acid groups (broad SMARTS) is 1. The predicted octanol–water partition coefficient (Wildman–Crippen LogP) is 3.71. The summed E-state index contributed by atoms with van der Waals surface area (Å²) in [4.78, 5) is 16.6. The van der Waals surface area contributed by atoms with Crippen LogP contribution in [0.1, 0.15) is 12.0 Å². The first kappa shape index (κ1) is 24.4. The molecule has 0 bridgehead atoms. The zero-order valence-corrected chi connectivity index (χ0v) is 19.7. The van der Waals surface area contributed by atoms with Crippen LogP contribution in [0.5, 0.6) is 11.5 Å². The van der Waals surface area contributed by atoms with E-state index in [0.717, 1.165) is 17.0 Å². The van der Waals surface area contributed by atoms with Gasteiger partial charge in [0.1, 0.15) is 22.9 Å². The molecule has 0 unspecified atom stereocenters. The molecule has 0 fully saturated rings. The van der Waals surface area contributed by atoms with Crippen molar-refractivity contribution in [2.75, 3.05) is 25.7 Å². The van der Waals surface area contributed by atoms with Crippen molar-refractivity contribution < 1.29 is 19.4 Å². The molecule has 0 aliphatic heterocycles. The number of hydrazone groups is 1. The Morgan fingerprint density at radius 2 is 1.72 bits per heavy atom. The van der Waals surface area contributed by atoms with Gasteiger partial charge < -0.3 is 14.6 Å². The van der Waals surface area contributed by atoms with Gasteiger partial charge in [-0.1, -0.05) is 24.3 Å². The van der Waals surface area contributed by atoms with E-state index in [1.807, 2.05) is 42.5 Å². The number of allylic oxidation sites excluding steroid dienone is 4. The molecule has 0 amide bonds. The normalized spacial score (nSPS) is 14.8. The Labute approximate surface area is 208 Å². The number of carbonyl (C=O) groups is 1. The molecule has 36 heavy (non-hydrogen) atoms. The molecule has 4 rings (SSSR count). The third kappa shape index (κ3) is 6.66. The molecule has 1 aliphatic rings. The maximum atomic E-state index is 10.8. The maximum absolute atomic E-state index is 10.8. The summed E-state index contributed by atoms with van der Waals surface area (Å²) in [6.45, 7) is 0.873. The van der Waals surface area contributed by atoms with Crippen LogP contribution in [0.4, 0.5) is 5.69 Å². The highest BCUT2D eigenvalue weighted by Crippen LogP contribution is 2.27. The number of benzene rings is 2. The van der Waals surface area contributed by atoms with Gasteiger partial charge >= 0.3 is 5.97 Å². The van der Waals surface area contributed by atoms with Gasteiger partial charge in [-0.25, -0.2) is 0 Å².